The molecule has 0 unspecified atom stereocenters. The summed E-state index contributed by atoms with van der Waals surface area (Å²) in [5, 5.41) is 11.2. The lowest BCUT2D eigenvalue weighted by atomic mass is 10.00. The first kappa shape index (κ1) is 16.9. The normalized spacial score (nSPS) is 10.9. The number of benzene rings is 2. The zero-order chi connectivity index (χ0) is 15.0. The Morgan fingerprint density at radius 1 is 1.09 bits per heavy atom. The lowest BCUT2D eigenvalue weighted by Gasteiger charge is -2.13. The molecule has 116 valence electrons. The van der Waals surface area contributed by atoms with Crippen molar-refractivity contribution in [3.05, 3.63) is 52.7 Å². The fourth-order valence-corrected chi connectivity index (χ4v) is 3.16. The van der Waals surface area contributed by atoms with E-state index in [2.05, 4.69) is 15.9 Å². The summed E-state index contributed by atoms with van der Waals surface area (Å²) in [6.45, 7) is 0.648. The number of furan rings is 1. The van der Waals surface area contributed by atoms with Crippen LogP contribution in [-0.2, 0) is 6.54 Å². The maximum absolute atomic E-state index is 10.3. The van der Waals surface area contributed by atoms with Crippen molar-refractivity contribution in [2.24, 2.45) is 0 Å². The van der Waals surface area contributed by atoms with Crippen molar-refractivity contribution in [1.29, 1.82) is 0 Å². The van der Waals surface area contributed by atoms with Gasteiger partial charge in [-0.2, -0.15) is 0 Å². The molecule has 0 amide bonds. The van der Waals surface area contributed by atoms with Gasteiger partial charge in [0.15, 0.2) is 4.67 Å². The molecule has 2 aromatic carbocycles. The molecule has 0 aliphatic rings. The largest absolute Gasteiger partial charge is 0.508 e. The second-order valence-corrected chi connectivity index (χ2v) is 6.01. The van der Waals surface area contributed by atoms with Crippen LogP contribution in [-0.4, -0.2) is 24.1 Å². The van der Waals surface area contributed by atoms with E-state index in [1.807, 2.05) is 49.3 Å². The number of hydrogen-bond acceptors (Lipinski definition) is 3. The summed E-state index contributed by atoms with van der Waals surface area (Å²) in [7, 11) is 3.96. The Hall–Kier alpha value is -1.49. The van der Waals surface area contributed by atoms with Crippen LogP contribution in [0.3, 0.4) is 0 Å². The minimum Gasteiger partial charge on any atom is -0.508 e. The fraction of sp³-hybridized carbons (Fsp3) is 0.176. The van der Waals surface area contributed by atoms with Crippen molar-refractivity contribution in [2.75, 3.05) is 14.1 Å². The smallest absolute Gasteiger partial charge is 0.178 e. The van der Waals surface area contributed by atoms with E-state index in [0.29, 0.717) is 17.0 Å². The molecule has 3 rings (SSSR count). The van der Waals surface area contributed by atoms with Crippen molar-refractivity contribution >= 4 is 39.3 Å². The van der Waals surface area contributed by atoms with Gasteiger partial charge in [-0.05, 0) is 47.7 Å². The Balaban J connectivity index is 0.00000176. The third-order valence-electron chi connectivity index (χ3n) is 3.43. The lowest BCUT2D eigenvalue weighted by molar-refractivity contribution is 0.388. The van der Waals surface area contributed by atoms with Crippen molar-refractivity contribution in [3.63, 3.8) is 0 Å². The van der Waals surface area contributed by atoms with E-state index in [4.69, 9.17) is 4.42 Å². The van der Waals surface area contributed by atoms with E-state index in [1.165, 1.54) is 0 Å². The topological polar surface area (TPSA) is 36.6 Å². The van der Waals surface area contributed by atoms with Gasteiger partial charge in [0, 0.05) is 23.1 Å². The maximum atomic E-state index is 10.3. The molecule has 1 heterocycles. The van der Waals surface area contributed by atoms with Gasteiger partial charge in [-0.3, -0.25) is 0 Å². The summed E-state index contributed by atoms with van der Waals surface area (Å²) in [4.78, 5) is 2.03. The van der Waals surface area contributed by atoms with E-state index < -0.39 is 0 Å². The monoisotopic (exact) mass is 381 g/mol. The van der Waals surface area contributed by atoms with Gasteiger partial charge in [0.25, 0.3) is 0 Å². The van der Waals surface area contributed by atoms with Crippen LogP contribution < -0.4 is 0 Å². The summed E-state index contributed by atoms with van der Waals surface area (Å²) in [5.74, 6) is 0.293. The molecule has 22 heavy (non-hydrogen) atoms. The van der Waals surface area contributed by atoms with Gasteiger partial charge in [0.2, 0.25) is 0 Å². The summed E-state index contributed by atoms with van der Waals surface area (Å²) in [6, 6.07) is 13.5. The Morgan fingerprint density at radius 3 is 2.41 bits per heavy atom. The van der Waals surface area contributed by atoms with Crippen LogP contribution in [0.5, 0.6) is 5.75 Å². The number of fused-ring (bicyclic) bond motifs is 1. The summed E-state index contributed by atoms with van der Waals surface area (Å²) >= 11 is 3.51. The Morgan fingerprint density at radius 2 is 1.77 bits per heavy atom. The third-order valence-corrected chi connectivity index (χ3v) is 3.99. The van der Waals surface area contributed by atoms with Gasteiger partial charge < -0.3 is 14.4 Å². The highest BCUT2D eigenvalue weighted by Crippen LogP contribution is 2.42. The summed E-state index contributed by atoms with van der Waals surface area (Å²) in [6.07, 6.45) is 0. The van der Waals surface area contributed by atoms with Crippen molar-refractivity contribution in [2.45, 2.75) is 6.54 Å². The summed E-state index contributed by atoms with van der Waals surface area (Å²) < 4.78 is 6.51. The number of hydrogen-bond donors (Lipinski definition) is 1. The van der Waals surface area contributed by atoms with Gasteiger partial charge in [0.05, 0.1) is 0 Å². The molecule has 0 aliphatic carbocycles. The third kappa shape index (κ3) is 3.00. The van der Waals surface area contributed by atoms with Crippen molar-refractivity contribution < 1.29 is 9.52 Å². The molecule has 3 aromatic rings. The molecule has 0 atom stereocenters. The zero-order valence-corrected chi connectivity index (χ0v) is 14.7. The number of halogens is 2. The molecule has 0 aliphatic heterocycles. The Labute approximate surface area is 144 Å². The number of phenols is 1. The van der Waals surface area contributed by atoms with Gasteiger partial charge in [0.1, 0.15) is 11.3 Å². The molecule has 1 aromatic heterocycles. The molecular formula is C17H17BrClNO2. The van der Waals surface area contributed by atoms with Gasteiger partial charge in [-0.15, -0.1) is 12.4 Å². The highest BCUT2D eigenvalue weighted by molar-refractivity contribution is 9.10. The number of aromatic hydroxyl groups is 1. The first-order chi connectivity index (χ1) is 10.1. The van der Waals surface area contributed by atoms with Crippen LogP contribution in [0.25, 0.3) is 22.1 Å². The molecular weight excluding hydrogens is 366 g/mol. The summed E-state index contributed by atoms with van der Waals surface area (Å²) in [5.41, 5.74) is 3.70. The highest BCUT2D eigenvalue weighted by Gasteiger charge is 2.19. The van der Waals surface area contributed by atoms with Crippen LogP contribution in [0.2, 0.25) is 0 Å². The van der Waals surface area contributed by atoms with Crippen LogP contribution in [0, 0.1) is 0 Å². The van der Waals surface area contributed by atoms with E-state index in [1.54, 1.807) is 12.1 Å². The average Bonchev–Trinajstić information content (AvgIpc) is 2.79. The number of nitrogens with zero attached hydrogens (tertiary/aromatic N) is 1. The second-order valence-electron chi connectivity index (χ2n) is 5.29. The SMILES string of the molecule is CN(C)Cc1c(O)ccc2oc(Br)c(-c3ccccc3)c12.Cl. The number of rotatable bonds is 3. The van der Waals surface area contributed by atoms with Crippen LogP contribution in [0.15, 0.2) is 51.6 Å². The first-order valence-electron chi connectivity index (χ1n) is 6.71. The highest BCUT2D eigenvalue weighted by atomic mass is 79.9. The number of phenolic OH excluding ortho intramolecular Hbond substituents is 1. The van der Waals surface area contributed by atoms with E-state index in [9.17, 15) is 5.11 Å². The minimum absolute atomic E-state index is 0. The van der Waals surface area contributed by atoms with Crippen molar-refractivity contribution in [3.8, 4) is 16.9 Å². The molecule has 3 nitrogen and oxygen atoms in total. The molecule has 0 fully saturated rings. The standard InChI is InChI=1S/C17H16BrNO2.ClH/c1-19(2)10-12-13(20)8-9-14-16(12)15(17(18)21-14)11-6-4-3-5-7-11;/h3-9,20H,10H2,1-2H3;1H. The molecule has 0 spiro atoms. The predicted octanol–water partition coefficient (Wildman–Crippen LogP) is 5.05. The van der Waals surface area contributed by atoms with E-state index in [0.717, 1.165) is 27.7 Å². The van der Waals surface area contributed by atoms with Crippen LogP contribution in [0.4, 0.5) is 0 Å². The Kier molecular flexibility index (Phi) is 5.16. The van der Waals surface area contributed by atoms with Crippen LogP contribution >= 0.6 is 28.3 Å². The molecule has 5 heteroatoms. The quantitative estimate of drug-likeness (QED) is 0.688. The van der Waals surface area contributed by atoms with Gasteiger partial charge in [-0.1, -0.05) is 30.3 Å². The average molecular weight is 383 g/mol. The first-order valence-corrected chi connectivity index (χ1v) is 7.50. The Bertz CT molecular complexity index is 784. The van der Waals surface area contributed by atoms with E-state index >= 15 is 0 Å². The van der Waals surface area contributed by atoms with Crippen LogP contribution in [0.1, 0.15) is 5.56 Å². The molecule has 0 radical (unpaired) electrons. The fourth-order valence-electron chi connectivity index (χ4n) is 2.56. The van der Waals surface area contributed by atoms with E-state index in [-0.39, 0.29) is 12.4 Å². The molecule has 1 N–H and O–H groups in total. The zero-order valence-electron chi connectivity index (χ0n) is 12.3. The minimum atomic E-state index is 0. The van der Waals surface area contributed by atoms with Gasteiger partial charge >= 0.3 is 0 Å². The molecule has 0 saturated carbocycles. The maximum Gasteiger partial charge on any atom is 0.178 e. The molecule has 0 bridgehead atoms. The predicted molar refractivity (Wildman–Crippen MR) is 95.7 cm³/mol. The second kappa shape index (κ2) is 6.73. The lowest BCUT2D eigenvalue weighted by Crippen LogP contribution is -2.11. The van der Waals surface area contributed by atoms with Crippen molar-refractivity contribution in [1.82, 2.24) is 4.90 Å². The molecule has 0 saturated heterocycles. The van der Waals surface area contributed by atoms with Gasteiger partial charge in [-0.25, -0.2) is 0 Å².